The Balaban J connectivity index is 1.46. The fraction of sp³-hybridized carbons (Fsp3) is 0.500. The maximum absolute atomic E-state index is 12.7. The second-order valence-corrected chi connectivity index (χ2v) is 6.80. The van der Waals surface area contributed by atoms with Crippen LogP contribution in [0, 0.1) is 0 Å². The molecule has 2 atom stereocenters. The molecule has 1 amide bonds. The van der Waals surface area contributed by atoms with E-state index in [0.29, 0.717) is 38.4 Å². The molecule has 26 heavy (non-hydrogen) atoms. The van der Waals surface area contributed by atoms with Gasteiger partial charge in [-0.2, -0.15) is 5.10 Å². The summed E-state index contributed by atoms with van der Waals surface area (Å²) in [4.78, 5) is 26.3. The van der Waals surface area contributed by atoms with Gasteiger partial charge in [0.15, 0.2) is 0 Å². The van der Waals surface area contributed by atoms with Crippen LogP contribution in [0.25, 0.3) is 0 Å². The van der Waals surface area contributed by atoms with E-state index in [9.17, 15) is 9.59 Å². The second kappa shape index (κ2) is 7.05. The third kappa shape index (κ3) is 3.42. The lowest BCUT2D eigenvalue weighted by Crippen LogP contribution is -2.47. The number of carbonyl (C=O) groups excluding carboxylic acids is 1. The highest BCUT2D eigenvalue weighted by Crippen LogP contribution is 2.33. The van der Waals surface area contributed by atoms with Gasteiger partial charge in [-0.3, -0.25) is 9.59 Å². The van der Waals surface area contributed by atoms with Crippen molar-refractivity contribution in [3.05, 3.63) is 52.8 Å². The van der Waals surface area contributed by atoms with Crippen molar-refractivity contribution < 1.29 is 18.7 Å². The van der Waals surface area contributed by atoms with Crippen LogP contribution in [0.3, 0.4) is 0 Å². The van der Waals surface area contributed by atoms with Crippen LogP contribution in [-0.2, 0) is 16.0 Å². The van der Waals surface area contributed by atoms with Crippen molar-refractivity contribution in [1.29, 1.82) is 0 Å². The van der Waals surface area contributed by atoms with E-state index in [1.165, 1.54) is 23.3 Å². The number of ether oxygens (including phenoxy) is 2. The Morgan fingerprint density at radius 1 is 1.38 bits per heavy atom. The van der Waals surface area contributed by atoms with Gasteiger partial charge in [0.2, 0.25) is 0 Å². The number of furan rings is 1. The van der Waals surface area contributed by atoms with Crippen molar-refractivity contribution in [2.24, 2.45) is 0 Å². The van der Waals surface area contributed by atoms with Gasteiger partial charge in [0.1, 0.15) is 11.9 Å². The van der Waals surface area contributed by atoms with E-state index < -0.39 is 5.60 Å². The third-order valence-corrected chi connectivity index (χ3v) is 4.91. The molecule has 0 aromatic carbocycles. The fourth-order valence-electron chi connectivity index (χ4n) is 3.61. The molecule has 0 saturated carbocycles. The summed E-state index contributed by atoms with van der Waals surface area (Å²) in [5.74, 6) is -0.0865. The lowest BCUT2D eigenvalue weighted by molar-refractivity contribution is -0.0883. The summed E-state index contributed by atoms with van der Waals surface area (Å²) in [6.07, 6.45) is 5.97. The van der Waals surface area contributed by atoms with Gasteiger partial charge in [-0.05, 0) is 25.0 Å². The molecular weight excluding hydrogens is 338 g/mol. The van der Waals surface area contributed by atoms with Gasteiger partial charge in [0.05, 0.1) is 44.2 Å². The molecule has 8 nitrogen and oxygen atoms in total. The molecule has 2 aliphatic rings. The van der Waals surface area contributed by atoms with Crippen molar-refractivity contribution in [3.8, 4) is 0 Å². The Morgan fingerprint density at radius 2 is 2.31 bits per heavy atom. The summed E-state index contributed by atoms with van der Waals surface area (Å²) in [7, 11) is 0. The highest BCUT2D eigenvalue weighted by Gasteiger charge is 2.44. The van der Waals surface area contributed by atoms with Gasteiger partial charge >= 0.3 is 0 Å². The van der Waals surface area contributed by atoms with Crippen molar-refractivity contribution in [2.75, 3.05) is 26.3 Å². The van der Waals surface area contributed by atoms with Gasteiger partial charge in [0.25, 0.3) is 11.5 Å². The maximum Gasteiger partial charge on any atom is 0.266 e. The number of carbonyl (C=O) groups is 1. The van der Waals surface area contributed by atoms with Crippen LogP contribution in [0.5, 0.6) is 0 Å². The van der Waals surface area contributed by atoms with Crippen molar-refractivity contribution in [1.82, 2.24) is 14.7 Å². The van der Waals surface area contributed by atoms with Gasteiger partial charge in [-0.15, -0.1) is 0 Å². The highest BCUT2D eigenvalue weighted by atomic mass is 16.6. The van der Waals surface area contributed by atoms with Crippen molar-refractivity contribution in [2.45, 2.75) is 31.1 Å². The lowest BCUT2D eigenvalue weighted by atomic mass is 10.00. The minimum Gasteiger partial charge on any atom is -0.472 e. The van der Waals surface area contributed by atoms with E-state index in [1.807, 2.05) is 0 Å². The predicted molar refractivity (Wildman–Crippen MR) is 90.8 cm³/mol. The van der Waals surface area contributed by atoms with E-state index in [2.05, 4.69) is 5.10 Å². The standard InChI is InChI=1S/C18H21N3O5/c22-16-2-1-6-19-21(16)10-15-3-5-18(26-15)12-20(7-9-25-13-18)17(23)14-4-8-24-11-14/h1-2,4,6,8,11,15H,3,5,7,9-10,12-13H2/t15-,18+/m1/s1. The minimum absolute atomic E-state index is 0.0865. The molecule has 2 aromatic heterocycles. The molecule has 0 radical (unpaired) electrons. The quantitative estimate of drug-likeness (QED) is 0.810. The average Bonchev–Trinajstić information content (AvgIpc) is 3.25. The molecule has 4 rings (SSSR count). The normalized spacial score (nSPS) is 26.2. The van der Waals surface area contributed by atoms with E-state index in [4.69, 9.17) is 13.9 Å². The first-order chi connectivity index (χ1) is 12.7. The Labute approximate surface area is 150 Å². The summed E-state index contributed by atoms with van der Waals surface area (Å²) < 4.78 is 18.4. The summed E-state index contributed by atoms with van der Waals surface area (Å²) in [6.45, 7) is 2.29. The molecule has 2 aliphatic heterocycles. The largest absolute Gasteiger partial charge is 0.472 e. The first-order valence-electron chi connectivity index (χ1n) is 8.74. The number of amides is 1. The maximum atomic E-state index is 12.7. The molecule has 0 bridgehead atoms. The topological polar surface area (TPSA) is 86.8 Å². The van der Waals surface area contributed by atoms with Gasteiger partial charge in [-0.1, -0.05) is 0 Å². The van der Waals surface area contributed by atoms with Gasteiger partial charge < -0.3 is 18.8 Å². The zero-order chi connectivity index (χ0) is 18.0. The first-order valence-corrected chi connectivity index (χ1v) is 8.74. The molecule has 0 unspecified atom stereocenters. The van der Waals surface area contributed by atoms with E-state index in [1.54, 1.807) is 23.2 Å². The molecular formula is C18H21N3O5. The zero-order valence-electron chi connectivity index (χ0n) is 14.4. The van der Waals surface area contributed by atoms with E-state index in [-0.39, 0.29) is 17.6 Å². The molecule has 2 fully saturated rings. The molecule has 8 heteroatoms. The number of rotatable bonds is 3. The fourth-order valence-corrected chi connectivity index (χ4v) is 3.61. The molecule has 0 aliphatic carbocycles. The van der Waals surface area contributed by atoms with Crippen LogP contribution in [0.2, 0.25) is 0 Å². The predicted octanol–water partition coefficient (Wildman–Crippen LogP) is 0.927. The lowest BCUT2D eigenvalue weighted by Gasteiger charge is -2.31. The molecule has 2 aromatic rings. The first kappa shape index (κ1) is 17.0. The number of hydrogen-bond donors (Lipinski definition) is 0. The Bertz CT molecular complexity index is 818. The Morgan fingerprint density at radius 3 is 3.12 bits per heavy atom. The summed E-state index contributed by atoms with van der Waals surface area (Å²) in [6, 6.07) is 4.76. The molecule has 138 valence electrons. The number of hydrogen-bond acceptors (Lipinski definition) is 6. The zero-order valence-corrected chi connectivity index (χ0v) is 14.4. The molecule has 4 heterocycles. The molecule has 1 spiro atoms. The van der Waals surface area contributed by atoms with Crippen LogP contribution in [0.4, 0.5) is 0 Å². The minimum atomic E-state index is -0.543. The highest BCUT2D eigenvalue weighted by molar-refractivity contribution is 5.93. The smallest absolute Gasteiger partial charge is 0.266 e. The third-order valence-electron chi connectivity index (χ3n) is 4.91. The van der Waals surface area contributed by atoms with E-state index >= 15 is 0 Å². The SMILES string of the molecule is O=C(c1ccoc1)N1CCOC[C@]2(CC[C@H](Cn3ncccc3=O)O2)C1. The molecule has 0 N–H and O–H groups in total. The second-order valence-electron chi connectivity index (χ2n) is 6.80. The van der Waals surface area contributed by atoms with Crippen LogP contribution in [-0.4, -0.2) is 58.6 Å². The summed E-state index contributed by atoms with van der Waals surface area (Å²) >= 11 is 0. The van der Waals surface area contributed by atoms with Gasteiger partial charge in [-0.25, -0.2) is 4.68 Å². The Kier molecular flexibility index (Phi) is 4.60. The number of nitrogens with zero attached hydrogens (tertiary/aromatic N) is 3. The Hall–Kier alpha value is -2.45. The van der Waals surface area contributed by atoms with E-state index in [0.717, 1.165) is 12.8 Å². The van der Waals surface area contributed by atoms with Crippen molar-refractivity contribution in [3.63, 3.8) is 0 Å². The van der Waals surface area contributed by atoms with Gasteiger partial charge in [0, 0.05) is 18.8 Å². The summed E-state index contributed by atoms with van der Waals surface area (Å²) in [5.41, 5.74) is -0.165. The summed E-state index contributed by atoms with van der Waals surface area (Å²) in [5, 5.41) is 4.09. The van der Waals surface area contributed by atoms with Crippen LogP contribution in [0.1, 0.15) is 23.2 Å². The van der Waals surface area contributed by atoms with Crippen molar-refractivity contribution >= 4 is 5.91 Å². The average molecular weight is 359 g/mol. The van der Waals surface area contributed by atoms with Crippen LogP contribution < -0.4 is 5.56 Å². The molecule has 2 saturated heterocycles. The van der Waals surface area contributed by atoms with Crippen LogP contribution >= 0.6 is 0 Å². The number of aromatic nitrogens is 2. The van der Waals surface area contributed by atoms with Crippen LogP contribution in [0.15, 0.2) is 46.1 Å². The monoisotopic (exact) mass is 359 g/mol.